The van der Waals surface area contributed by atoms with Crippen LogP contribution < -0.4 is 5.73 Å². The molecule has 0 aromatic rings. The lowest BCUT2D eigenvalue weighted by Gasteiger charge is -2.41. The zero-order valence-corrected chi connectivity index (χ0v) is 15.6. The maximum atomic E-state index is 13.6. The van der Waals surface area contributed by atoms with Crippen molar-refractivity contribution in [1.29, 1.82) is 0 Å². The molecule has 3 nitrogen and oxygen atoms in total. The standard InChI is InChI=1S/C11H12F13NO2.HI/c1-3(2-4(25)5(26)27)6(12,13)7(14,15)8(16,17)9(18,19)10(20,21)11(22,23)24;/h3-5,26-27H,2,25H2,1H3;1H. The summed E-state index contributed by atoms with van der Waals surface area (Å²) >= 11 is 0. The molecule has 0 aromatic carbocycles. The molecule has 0 aliphatic carbocycles. The van der Waals surface area contributed by atoms with Crippen LogP contribution in [-0.2, 0) is 0 Å². The fraction of sp³-hybridized carbons (Fsp3) is 1.00. The van der Waals surface area contributed by atoms with E-state index in [4.69, 9.17) is 15.9 Å². The van der Waals surface area contributed by atoms with Gasteiger partial charge >= 0.3 is 35.8 Å². The van der Waals surface area contributed by atoms with Crippen LogP contribution in [0.1, 0.15) is 13.3 Å². The van der Waals surface area contributed by atoms with E-state index in [9.17, 15) is 57.1 Å². The Morgan fingerprint density at radius 1 is 0.679 bits per heavy atom. The minimum absolute atomic E-state index is 0. The Kier molecular flexibility index (Phi) is 9.02. The number of halogens is 14. The first-order chi connectivity index (χ1) is 11.5. The van der Waals surface area contributed by atoms with Gasteiger partial charge in [0.05, 0.1) is 6.04 Å². The van der Waals surface area contributed by atoms with Crippen LogP contribution in [0.3, 0.4) is 0 Å². The maximum absolute atomic E-state index is 13.6. The first-order valence-electron chi connectivity index (χ1n) is 6.57. The molecule has 0 aliphatic rings. The smallest absolute Gasteiger partial charge is 0.367 e. The van der Waals surface area contributed by atoms with E-state index in [0.717, 1.165) is 0 Å². The van der Waals surface area contributed by atoms with Crippen LogP contribution in [0.15, 0.2) is 0 Å². The van der Waals surface area contributed by atoms with Crippen LogP contribution >= 0.6 is 24.0 Å². The Hall–Kier alpha value is -0.300. The monoisotopic (exact) mass is 565 g/mol. The van der Waals surface area contributed by atoms with Gasteiger partial charge in [0.25, 0.3) is 0 Å². The molecule has 0 aromatic heterocycles. The molecule has 0 fully saturated rings. The van der Waals surface area contributed by atoms with Crippen molar-refractivity contribution in [3.8, 4) is 0 Å². The van der Waals surface area contributed by atoms with Gasteiger partial charge < -0.3 is 15.9 Å². The van der Waals surface area contributed by atoms with Gasteiger partial charge in [0.1, 0.15) is 0 Å². The average molecular weight is 565 g/mol. The summed E-state index contributed by atoms with van der Waals surface area (Å²) in [5.74, 6) is -40.5. The number of aliphatic hydroxyl groups is 2. The van der Waals surface area contributed by atoms with Crippen LogP contribution in [0.2, 0.25) is 0 Å². The lowest BCUT2D eigenvalue weighted by atomic mass is 9.85. The molecule has 172 valence electrons. The second-order valence-corrected chi connectivity index (χ2v) is 5.63. The highest BCUT2D eigenvalue weighted by Gasteiger charge is 2.91. The van der Waals surface area contributed by atoms with Gasteiger partial charge in [-0.05, 0) is 6.42 Å². The Bertz CT molecular complexity index is 523. The molecular formula is C11H13F13INO2. The Morgan fingerprint density at radius 3 is 1.29 bits per heavy atom. The molecule has 0 radical (unpaired) electrons. The van der Waals surface area contributed by atoms with E-state index in [1.807, 2.05) is 0 Å². The molecule has 0 rings (SSSR count). The van der Waals surface area contributed by atoms with Gasteiger partial charge in [0.15, 0.2) is 6.29 Å². The number of rotatable bonds is 8. The fourth-order valence-corrected chi connectivity index (χ4v) is 1.77. The largest absolute Gasteiger partial charge is 0.460 e. The summed E-state index contributed by atoms with van der Waals surface area (Å²) in [5, 5.41) is 17.1. The third kappa shape index (κ3) is 4.55. The minimum Gasteiger partial charge on any atom is -0.367 e. The van der Waals surface area contributed by atoms with Gasteiger partial charge in [0, 0.05) is 5.92 Å². The summed E-state index contributed by atoms with van der Waals surface area (Å²) in [4.78, 5) is 0. The van der Waals surface area contributed by atoms with Crippen molar-refractivity contribution in [3.05, 3.63) is 0 Å². The number of hydrogen-bond donors (Lipinski definition) is 3. The highest BCUT2D eigenvalue weighted by Crippen LogP contribution is 2.61. The van der Waals surface area contributed by atoms with E-state index in [1.54, 1.807) is 0 Å². The van der Waals surface area contributed by atoms with Crippen molar-refractivity contribution >= 4 is 24.0 Å². The zero-order chi connectivity index (χ0) is 22.4. The van der Waals surface area contributed by atoms with Crippen LogP contribution in [-0.4, -0.2) is 58.3 Å². The Balaban J connectivity index is 0. The summed E-state index contributed by atoms with van der Waals surface area (Å²) < 4.78 is 168. The topological polar surface area (TPSA) is 66.5 Å². The van der Waals surface area contributed by atoms with E-state index in [1.165, 1.54) is 0 Å². The van der Waals surface area contributed by atoms with E-state index >= 15 is 0 Å². The fourth-order valence-electron chi connectivity index (χ4n) is 1.77. The highest BCUT2D eigenvalue weighted by molar-refractivity contribution is 14.0. The van der Waals surface area contributed by atoms with Gasteiger partial charge in [-0.15, -0.1) is 24.0 Å². The van der Waals surface area contributed by atoms with Gasteiger partial charge in [0.2, 0.25) is 0 Å². The lowest BCUT2D eigenvalue weighted by molar-refractivity contribution is -0.443. The van der Waals surface area contributed by atoms with Crippen molar-refractivity contribution in [1.82, 2.24) is 0 Å². The molecule has 0 heterocycles. The van der Waals surface area contributed by atoms with E-state index < -0.39 is 60.5 Å². The number of hydrogen-bond acceptors (Lipinski definition) is 3. The zero-order valence-electron chi connectivity index (χ0n) is 13.2. The predicted octanol–water partition coefficient (Wildman–Crippen LogP) is 4.01. The number of aliphatic hydroxyl groups excluding tert-OH is 1. The van der Waals surface area contributed by atoms with Gasteiger partial charge in [-0.3, -0.25) is 0 Å². The molecule has 2 atom stereocenters. The molecule has 0 saturated heterocycles. The average Bonchev–Trinajstić information content (AvgIpc) is 2.44. The SMILES string of the molecule is CC(CC(N)C(O)O)C(F)(F)C(F)(F)C(F)(F)C(F)(F)C(F)(F)C(F)(F)F.I. The summed E-state index contributed by atoms with van der Waals surface area (Å²) in [6, 6.07) is -2.19. The van der Waals surface area contributed by atoms with Crippen molar-refractivity contribution in [2.45, 2.75) is 61.5 Å². The van der Waals surface area contributed by atoms with Crippen LogP contribution in [0, 0.1) is 5.92 Å². The lowest BCUT2D eigenvalue weighted by Crippen LogP contribution is -2.71. The molecule has 0 spiro atoms. The molecule has 4 N–H and O–H groups in total. The number of nitrogens with two attached hydrogens (primary N) is 1. The second kappa shape index (κ2) is 8.44. The maximum Gasteiger partial charge on any atom is 0.460 e. The van der Waals surface area contributed by atoms with Crippen molar-refractivity contribution in [2.24, 2.45) is 11.7 Å². The summed E-state index contributed by atoms with van der Waals surface area (Å²) in [6.07, 6.45) is -11.7. The first kappa shape index (κ1) is 29.9. The highest BCUT2D eigenvalue weighted by atomic mass is 127. The summed E-state index contributed by atoms with van der Waals surface area (Å²) in [6.45, 7) is -0.0216. The molecule has 17 heteroatoms. The second-order valence-electron chi connectivity index (χ2n) is 5.63. The molecular weight excluding hydrogens is 552 g/mol. The van der Waals surface area contributed by atoms with Gasteiger partial charge in [-0.2, -0.15) is 57.1 Å². The van der Waals surface area contributed by atoms with Crippen molar-refractivity contribution in [3.63, 3.8) is 0 Å². The molecule has 0 aliphatic heterocycles. The van der Waals surface area contributed by atoms with Crippen molar-refractivity contribution < 1.29 is 67.3 Å². The van der Waals surface area contributed by atoms with Crippen molar-refractivity contribution in [2.75, 3.05) is 0 Å². The van der Waals surface area contributed by atoms with E-state index in [-0.39, 0.29) is 30.9 Å². The molecule has 0 saturated carbocycles. The van der Waals surface area contributed by atoms with E-state index in [2.05, 4.69) is 0 Å². The van der Waals surface area contributed by atoms with Crippen LogP contribution in [0.5, 0.6) is 0 Å². The quantitative estimate of drug-likeness (QED) is 0.237. The van der Waals surface area contributed by atoms with Gasteiger partial charge in [-0.25, -0.2) is 0 Å². The summed E-state index contributed by atoms with van der Waals surface area (Å²) in [7, 11) is 0. The Labute approximate surface area is 165 Å². The normalized spacial score (nSPS) is 17.4. The molecule has 0 amide bonds. The third-order valence-electron chi connectivity index (χ3n) is 3.59. The molecule has 2 unspecified atom stereocenters. The van der Waals surface area contributed by atoms with Crippen LogP contribution in [0.25, 0.3) is 0 Å². The van der Waals surface area contributed by atoms with Gasteiger partial charge in [-0.1, -0.05) is 6.92 Å². The molecule has 28 heavy (non-hydrogen) atoms. The Morgan fingerprint density at radius 2 is 1.00 bits per heavy atom. The summed E-state index contributed by atoms with van der Waals surface area (Å²) in [5.41, 5.74) is 4.80. The third-order valence-corrected chi connectivity index (χ3v) is 3.59. The first-order valence-corrected chi connectivity index (χ1v) is 6.57. The minimum atomic E-state index is -7.97. The molecule has 0 bridgehead atoms. The predicted molar refractivity (Wildman–Crippen MR) is 76.2 cm³/mol. The van der Waals surface area contributed by atoms with E-state index in [0.29, 0.717) is 0 Å². The van der Waals surface area contributed by atoms with Crippen LogP contribution in [0.4, 0.5) is 57.1 Å². The number of alkyl halides is 13.